The fourth-order valence-corrected chi connectivity index (χ4v) is 0.740. The van der Waals surface area contributed by atoms with Crippen LogP contribution in [0.25, 0.3) is 0 Å². The quantitative estimate of drug-likeness (QED) is 0.696. The lowest BCUT2D eigenvalue weighted by Crippen LogP contribution is -2.24. The number of esters is 1. The van der Waals surface area contributed by atoms with E-state index in [-0.39, 0.29) is 18.3 Å². The number of nitrogens with two attached hydrogens (primary N) is 1. The maximum atomic E-state index is 11.3. The topological polar surface area (TPSA) is 91.2 Å². The predicted octanol–water partition coefficient (Wildman–Crippen LogP) is 0.484. The van der Waals surface area contributed by atoms with E-state index >= 15 is 0 Å². The Kier molecular flexibility index (Phi) is 2.85. The van der Waals surface area contributed by atoms with Crippen molar-refractivity contribution < 1.29 is 13.9 Å². The van der Waals surface area contributed by atoms with Crippen LogP contribution in [-0.2, 0) is 11.3 Å². The van der Waals surface area contributed by atoms with Gasteiger partial charge in [0.05, 0.1) is 6.54 Å². The van der Waals surface area contributed by atoms with E-state index in [1.165, 1.54) is 0 Å². The Hall–Kier alpha value is -1.43. The number of hydrogen-bond donors (Lipinski definition) is 1. The van der Waals surface area contributed by atoms with Crippen molar-refractivity contribution in [1.29, 1.82) is 0 Å². The molecule has 2 N–H and O–H groups in total. The van der Waals surface area contributed by atoms with E-state index in [1.807, 2.05) is 0 Å². The van der Waals surface area contributed by atoms with Gasteiger partial charge in [0.15, 0.2) is 0 Å². The van der Waals surface area contributed by atoms with E-state index in [0.29, 0.717) is 0 Å². The molecule has 0 aliphatic rings. The first-order valence-electron chi connectivity index (χ1n) is 4.18. The smallest absolute Gasteiger partial charge is 0.396 e. The van der Waals surface area contributed by atoms with Gasteiger partial charge in [-0.1, -0.05) is 0 Å². The third-order valence-corrected chi connectivity index (χ3v) is 1.21. The molecule has 0 atom stereocenters. The summed E-state index contributed by atoms with van der Waals surface area (Å²) in [5.74, 6) is -0.587. The number of aromatic nitrogens is 2. The second-order valence-electron chi connectivity index (χ2n) is 3.71. The van der Waals surface area contributed by atoms with Gasteiger partial charge in [0.2, 0.25) is 5.89 Å². The van der Waals surface area contributed by atoms with Gasteiger partial charge in [-0.15, -0.1) is 10.2 Å². The Morgan fingerprint density at radius 1 is 1.50 bits per heavy atom. The molecule has 0 aliphatic carbocycles. The van der Waals surface area contributed by atoms with Crippen LogP contribution < -0.4 is 5.73 Å². The fourth-order valence-electron chi connectivity index (χ4n) is 0.740. The van der Waals surface area contributed by atoms with Gasteiger partial charge in [-0.25, -0.2) is 4.79 Å². The zero-order valence-electron chi connectivity index (χ0n) is 8.40. The van der Waals surface area contributed by atoms with Crippen molar-refractivity contribution in [3.63, 3.8) is 0 Å². The van der Waals surface area contributed by atoms with Gasteiger partial charge < -0.3 is 14.9 Å². The number of hydrogen-bond acceptors (Lipinski definition) is 6. The highest BCUT2D eigenvalue weighted by atomic mass is 16.6. The minimum absolute atomic E-state index is 0.107. The molecule has 0 fully saturated rings. The zero-order chi connectivity index (χ0) is 10.8. The monoisotopic (exact) mass is 199 g/mol. The second-order valence-corrected chi connectivity index (χ2v) is 3.71. The summed E-state index contributed by atoms with van der Waals surface area (Å²) in [6, 6.07) is 0. The van der Waals surface area contributed by atoms with Gasteiger partial charge in [-0.2, -0.15) is 0 Å². The van der Waals surface area contributed by atoms with Crippen molar-refractivity contribution in [2.75, 3.05) is 0 Å². The highest BCUT2D eigenvalue weighted by Gasteiger charge is 2.22. The predicted molar refractivity (Wildman–Crippen MR) is 47.4 cm³/mol. The molecule has 78 valence electrons. The van der Waals surface area contributed by atoms with Crippen molar-refractivity contribution in [1.82, 2.24) is 10.2 Å². The summed E-state index contributed by atoms with van der Waals surface area (Å²) in [6.45, 7) is 5.37. The molecule has 0 spiro atoms. The van der Waals surface area contributed by atoms with Crippen molar-refractivity contribution >= 4 is 5.97 Å². The van der Waals surface area contributed by atoms with Crippen molar-refractivity contribution in [3.05, 3.63) is 11.8 Å². The molecule has 1 aromatic rings. The molecule has 1 aromatic heterocycles. The molecule has 0 aliphatic heterocycles. The SMILES string of the molecule is CC(C)(C)OC(=O)c1nnc(CN)o1. The molecule has 14 heavy (non-hydrogen) atoms. The Bertz CT molecular complexity index is 327. The van der Waals surface area contributed by atoms with Gasteiger partial charge in [-0.3, -0.25) is 0 Å². The van der Waals surface area contributed by atoms with Gasteiger partial charge in [0.25, 0.3) is 0 Å². The summed E-state index contributed by atoms with van der Waals surface area (Å²) >= 11 is 0. The minimum atomic E-state index is -0.635. The molecule has 0 radical (unpaired) electrons. The minimum Gasteiger partial charge on any atom is -0.453 e. The number of ether oxygens (including phenoxy) is 1. The maximum absolute atomic E-state index is 11.3. The third-order valence-electron chi connectivity index (χ3n) is 1.21. The first-order valence-corrected chi connectivity index (χ1v) is 4.18. The lowest BCUT2D eigenvalue weighted by molar-refractivity contribution is 0.00256. The molecule has 0 amide bonds. The highest BCUT2D eigenvalue weighted by Crippen LogP contribution is 2.10. The summed E-state index contributed by atoms with van der Waals surface area (Å²) in [7, 11) is 0. The lowest BCUT2D eigenvalue weighted by atomic mass is 10.2. The van der Waals surface area contributed by atoms with Crippen molar-refractivity contribution in [2.45, 2.75) is 32.9 Å². The third kappa shape index (κ3) is 2.81. The molecule has 0 unspecified atom stereocenters. The van der Waals surface area contributed by atoms with Gasteiger partial charge >= 0.3 is 11.9 Å². The molecular weight excluding hydrogens is 186 g/mol. The largest absolute Gasteiger partial charge is 0.453 e. The normalized spacial score (nSPS) is 11.4. The first-order chi connectivity index (χ1) is 6.42. The van der Waals surface area contributed by atoms with Crippen LogP contribution in [0.2, 0.25) is 0 Å². The Balaban J connectivity index is 2.70. The van der Waals surface area contributed by atoms with Crippen LogP contribution in [0.5, 0.6) is 0 Å². The van der Waals surface area contributed by atoms with Crippen LogP contribution in [-0.4, -0.2) is 21.8 Å². The fraction of sp³-hybridized carbons (Fsp3) is 0.625. The van der Waals surface area contributed by atoms with Crippen molar-refractivity contribution in [2.24, 2.45) is 5.73 Å². The van der Waals surface area contributed by atoms with E-state index in [1.54, 1.807) is 20.8 Å². The second kappa shape index (κ2) is 3.75. The summed E-state index contributed by atoms with van der Waals surface area (Å²) < 4.78 is 9.92. The Morgan fingerprint density at radius 2 is 2.14 bits per heavy atom. The van der Waals surface area contributed by atoms with Crippen LogP contribution in [0.15, 0.2) is 4.42 Å². The number of rotatable bonds is 2. The molecule has 0 aromatic carbocycles. The molecule has 0 saturated carbocycles. The number of nitrogens with zero attached hydrogens (tertiary/aromatic N) is 2. The van der Waals surface area contributed by atoms with E-state index in [4.69, 9.17) is 14.9 Å². The first kappa shape index (κ1) is 10.6. The molecular formula is C8H13N3O3. The summed E-state index contributed by atoms with van der Waals surface area (Å²) in [5, 5.41) is 7.04. The van der Waals surface area contributed by atoms with Crippen LogP contribution >= 0.6 is 0 Å². The summed E-state index contributed by atoms with van der Waals surface area (Å²) in [4.78, 5) is 11.3. The van der Waals surface area contributed by atoms with Crippen LogP contribution in [0.1, 0.15) is 37.3 Å². The average molecular weight is 199 g/mol. The number of carbonyl (C=O) groups is 1. The number of carbonyl (C=O) groups excluding carboxylic acids is 1. The van der Waals surface area contributed by atoms with Gasteiger partial charge in [0, 0.05) is 0 Å². The standard InChI is InChI=1S/C8H13N3O3/c1-8(2,3)14-7(12)6-11-10-5(4-9)13-6/h4,9H2,1-3H3. The van der Waals surface area contributed by atoms with E-state index in [0.717, 1.165) is 0 Å². The molecule has 1 heterocycles. The molecule has 6 nitrogen and oxygen atoms in total. The molecule has 0 saturated heterocycles. The average Bonchev–Trinajstić information content (AvgIpc) is 2.48. The van der Waals surface area contributed by atoms with Crippen LogP contribution in [0.3, 0.4) is 0 Å². The maximum Gasteiger partial charge on any atom is 0.396 e. The zero-order valence-corrected chi connectivity index (χ0v) is 8.40. The van der Waals surface area contributed by atoms with Crippen LogP contribution in [0.4, 0.5) is 0 Å². The summed E-state index contributed by atoms with van der Waals surface area (Å²) in [5.41, 5.74) is 4.67. The van der Waals surface area contributed by atoms with E-state index in [9.17, 15) is 4.79 Å². The van der Waals surface area contributed by atoms with E-state index < -0.39 is 11.6 Å². The highest BCUT2D eigenvalue weighted by molar-refractivity contribution is 5.84. The Labute approximate surface area is 81.4 Å². The molecule has 0 bridgehead atoms. The molecule has 1 rings (SSSR count). The summed E-state index contributed by atoms with van der Waals surface area (Å²) in [6.07, 6.45) is 0. The van der Waals surface area contributed by atoms with E-state index in [2.05, 4.69) is 10.2 Å². The Morgan fingerprint density at radius 3 is 2.57 bits per heavy atom. The molecule has 6 heteroatoms. The van der Waals surface area contributed by atoms with Gasteiger partial charge in [-0.05, 0) is 20.8 Å². The van der Waals surface area contributed by atoms with Crippen molar-refractivity contribution in [3.8, 4) is 0 Å². The van der Waals surface area contributed by atoms with Gasteiger partial charge in [0.1, 0.15) is 5.60 Å². The van der Waals surface area contributed by atoms with Crippen LogP contribution in [0, 0.1) is 0 Å². The lowest BCUT2D eigenvalue weighted by Gasteiger charge is -2.17.